The Balaban J connectivity index is 1.55. The van der Waals surface area contributed by atoms with Gasteiger partial charge in [-0.15, -0.1) is 0 Å². The van der Waals surface area contributed by atoms with E-state index in [0.717, 1.165) is 0 Å². The molecule has 0 aliphatic rings. The monoisotopic (exact) mass is 575 g/mol. The minimum atomic E-state index is -0.0533. The smallest absolute Gasteiger partial charge is 0.0654 e. The molecule has 0 heterocycles. The van der Waals surface area contributed by atoms with Gasteiger partial charge in [0, 0.05) is 0 Å². The maximum atomic E-state index is 2.39. The van der Waals surface area contributed by atoms with Gasteiger partial charge in [0.1, 0.15) is 0 Å². The number of rotatable bonds is 21. The van der Waals surface area contributed by atoms with Crippen LogP contribution in [0.15, 0.2) is 48.5 Å². The molecule has 0 aromatic heterocycles. The van der Waals surface area contributed by atoms with Crippen molar-refractivity contribution >= 4 is 0 Å². The molecule has 0 spiro atoms. The zero-order chi connectivity index (χ0) is 24.1. The highest BCUT2D eigenvalue weighted by Gasteiger charge is 2.15. The first-order valence-corrected chi connectivity index (χ1v) is 16.8. The Labute approximate surface area is 223 Å². The Morgan fingerprint density at radius 2 is 0.676 bits per heavy atom. The molecule has 0 amide bonds. The molecule has 0 fully saturated rings. The van der Waals surface area contributed by atoms with Crippen LogP contribution >= 0.6 is 0 Å². The van der Waals surface area contributed by atoms with Crippen LogP contribution in [0.4, 0.5) is 0 Å². The van der Waals surface area contributed by atoms with Gasteiger partial charge < -0.3 is 0 Å². The zero-order valence-electron chi connectivity index (χ0n) is 22.4. The van der Waals surface area contributed by atoms with E-state index < -0.39 is 0 Å². The predicted molar refractivity (Wildman–Crippen MR) is 148 cm³/mol. The summed E-state index contributed by atoms with van der Waals surface area (Å²) < 4.78 is 3.09. The molecular formula is C33H52I+. The lowest BCUT2D eigenvalue weighted by atomic mass is 10.0. The van der Waals surface area contributed by atoms with E-state index in [4.69, 9.17) is 0 Å². The topological polar surface area (TPSA) is 0 Å². The second kappa shape index (κ2) is 20.4. The van der Waals surface area contributed by atoms with Crippen LogP contribution in [-0.4, -0.2) is 0 Å². The molecule has 0 aliphatic heterocycles. The van der Waals surface area contributed by atoms with Crippen molar-refractivity contribution in [3.05, 3.63) is 66.8 Å². The highest BCUT2D eigenvalue weighted by Crippen LogP contribution is 2.13. The fraction of sp³-hybridized carbons (Fsp3) is 0.636. The fourth-order valence-corrected chi connectivity index (χ4v) is 6.81. The second-order valence-corrected chi connectivity index (χ2v) is 13.2. The lowest BCUT2D eigenvalue weighted by molar-refractivity contribution is -0.597. The normalized spacial score (nSPS) is 11.2. The molecule has 0 unspecified atom stereocenters. The molecule has 0 saturated heterocycles. The van der Waals surface area contributed by atoms with E-state index in [1.54, 1.807) is 7.14 Å². The number of unbranched alkanes of at least 4 members (excludes halogenated alkanes) is 15. The summed E-state index contributed by atoms with van der Waals surface area (Å²) in [6.45, 7) is 4.59. The number of benzene rings is 2. The SMILES string of the molecule is CCCCCCCCCCCc1ccc([I+]c2ccc(CCCCCCCCCC)cc2)cc1. The number of halogens is 1. The van der Waals surface area contributed by atoms with Gasteiger partial charge >= 0.3 is 21.2 Å². The van der Waals surface area contributed by atoms with Crippen LogP contribution in [0.2, 0.25) is 0 Å². The van der Waals surface area contributed by atoms with E-state index in [1.165, 1.54) is 133 Å². The quantitative estimate of drug-likeness (QED) is 0.106. The summed E-state index contributed by atoms with van der Waals surface area (Å²) in [4.78, 5) is 0. The molecule has 2 rings (SSSR count). The Morgan fingerprint density at radius 1 is 0.382 bits per heavy atom. The zero-order valence-corrected chi connectivity index (χ0v) is 24.6. The maximum absolute atomic E-state index is 2.39. The molecule has 0 saturated carbocycles. The van der Waals surface area contributed by atoms with Gasteiger partial charge in [-0.1, -0.05) is 134 Å². The molecule has 0 aliphatic carbocycles. The molecule has 34 heavy (non-hydrogen) atoms. The second-order valence-electron chi connectivity index (χ2n) is 10.2. The molecule has 0 radical (unpaired) electrons. The Morgan fingerprint density at radius 3 is 1.00 bits per heavy atom. The third kappa shape index (κ3) is 14.5. The van der Waals surface area contributed by atoms with E-state index in [-0.39, 0.29) is 21.2 Å². The molecule has 0 bridgehead atoms. The van der Waals surface area contributed by atoms with Crippen LogP contribution in [0.25, 0.3) is 0 Å². The van der Waals surface area contributed by atoms with Crippen molar-refractivity contribution in [3.8, 4) is 0 Å². The maximum Gasteiger partial charge on any atom is 0.357 e. The lowest BCUT2D eigenvalue weighted by Gasteiger charge is -2.03. The van der Waals surface area contributed by atoms with Crippen LogP contribution in [0, 0.1) is 7.14 Å². The molecule has 1 heteroatoms. The highest BCUT2D eigenvalue weighted by atomic mass is 127. The van der Waals surface area contributed by atoms with E-state index in [9.17, 15) is 0 Å². The number of hydrogen-bond donors (Lipinski definition) is 0. The summed E-state index contributed by atoms with van der Waals surface area (Å²) in [6, 6.07) is 19.1. The molecular weight excluding hydrogens is 523 g/mol. The van der Waals surface area contributed by atoms with Crippen LogP contribution in [0.3, 0.4) is 0 Å². The molecule has 0 nitrogen and oxygen atoms in total. The van der Waals surface area contributed by atoms with Crippen molar-refractivity contribution in [2.75, 3.05) is 0 Å². The van der Waals surface area contributed by atoms with Crippen molar-refractivity contribution in [3.63, 3.8) is 0 Å². The van der Waals surface area contributed by atoms with Gasteiger partial charge in [0.2, 0.25) is 0 Å². The summed E-state index contributed by atoms with van der Waals surface area (Å²) >= 11 is -0.0533. The third-order valence-electron chi connectivity index (χ3n) is 6.93. The van der Waals surface area contributed by atoms with Gasteiger partial charge in [0.25, 0.3) is 0 Å². The van der Waals surface area contributed by atoms with E-state index in [1.807, 2.05) is 0 Å². The third-order valence-corrected chi connectivity index (χ3v) is 9.62. The average molecular weight is 576 g/mol. The summed E-state index contributed by atoms with van der Waals surface area (Å²) in [7, 11) is 0. The van der Waals surface area contributed by atoms with E-state index in [2.05, 4.69) is 62.4 Å². The first-order chi connectivity index (χ1) is 16.8. The Hall–Kier alpha value is -0.830. The summed E-state index contributed by atoms with van der Waals surface area (Å²) in [5.41, 5.74) is 3.05. The number of hydrogen-bond acceptors (Lipinski definition) is 0. The van der Waals surface area contributed by atoms with Gasteiger partial charge in [0.05, 0.1) is 0 Å². The minimum absolute atomic E-state index is 0.0533. The van der Waals surface area contributed by atoms with Crippen LogP contribution in [-0.2, 0) is 12.8 Å². The van der Waals surface area contributed by atoms with Crippen LogP contribution < -0.4 is 21.2 Å². The fourth-order valence-electron chi connectivity index (χ4n) is 4.66. The van der Waals surface area contributed by atoms with Crippen molar-refractivity contribution in [2.24, 2.45) is 0 Å². The Kier molecular flexibility index (Phi) is 17.6. The van der Waals surface area contributed by atoms with Gasteiger partial charge in [-0.2, -0.15) is 0 Å². The first kappa shape index (κ1) is 29.4. The van der Waals surface area contributed by atoms with Crippen LogP contribution in [0.1, 0.15) is 134 Å². The van der Waals surface area contributed by atoms with E-state index in [0.29, 0.717) is 0 Å². The van der Waals surface area contributed by atoms with Gasteiger partial charge in [-0.05, 0) is 61.1 Å². The van der Waals surface area contributed by atoms with Crippen molar-refractivity contribution in [2.45, 2.75) is 136 Å². The molecule has 0 atom stereocenters. The van der Waals surface area contributed by atoms with Crippen molar-refractivity contribution in [1.82, 2.24) is 0 Å². The molecule has 2 aromatic rings. The van der Waals surface area contributed by atoms with Crippen molar-refractivity contribution < 1.29 is 21.2 Å². The predicted octanol–water partition coefficient (Wildman–Crippen LogP) is 7.57. The molecule has 0 N–H and O–H groups in total. The van der Waals surface area contributed by atoms with Crippen molar-refractivity contribution in [1.29, 1.82) is 0 Å². The molecule has 190 valence electrons. The van der Waals surface area contributed by atoms with Gasteiger partial charge in [-0.3, -0.25) is 0 Å². The molecule has 2 aromatic carbocycles. The minimum Gasteiger partial charge on any atom is -0.0654 e. The van der Waals surface area contributed by atoms with E-state index >= 15 is 0 Å². The summed E-state index contributed by atoms with van der Waals surface area (Å²) in [6.07, 6.45) is 26.4. The standard InChI is InChI=1S/C33H52I/c1-3-5-7-9-11-13-15-17-19-21-31-24-28-33(29-25-31)34-32-26-22-30(23-27-32)20-18-16-14-12-10-8-6-4-2/h22-29H,3-21H2,1-2H3/q+1. The first-order valence-electron chi connectivity index (χ1n) is 14.6. The van der Waals surface area contributed by atoms with Gasteiger partial charge in [0.15, 0.2) is 7.14 Å². The Bertz CT molecular complexity index is 700. The lowest BCUT2D eigenvalue weighted by Crippen LogP contribution is -3.61. The summed E-state index contributed by atoms with van der Waals surface area (Å²) in [5.74, 6) is 0. The number of aryl methyl sites for hydroxylation is 2. The average Bonchev–Trinajstić information content (AvgIpc) is 2.86. The van der Waals surface area contributed by atoms with Gasteiger partial charge in [-0.25, -0.2) is 0 Å². The largest absolute Gasteiger partial charge is 0.357 e. The highest BCUT2D eigenvalue weighted by molar-refractivity contribution is 5.16. The van der Waals surface area contributed by atoms with Crippen LogP contribution in [0.5, 0.6) is 0 Å². The summed E-state index contributed by atoms with van der Waals surface area (Å²) in [5, 5.41) is 0.